The third-order valence-electron chi connectivity index (χ3n) is 5.10. The molecule has 0 amide bonds. The summed E-state index contributed by atoms with van der Waals surface area (Å²) < 4.78 is 1.92. The van der Waals surface area contributed by atoms with E-state index in [2.05, 4.69) is 70.7 Å². The second-order valence-electron chi connectivity index (χ2n) is 6.83. The normalized spacial score (nSPS) is 11.5. The summed E-state index contributed by atoms with van der Waals surface area (Å²) in [6.07, 6.45) is 0. The SMILES string of the molecule is CCN(CC)Cc1ccc(CNC(=NC)NCc2c(C)nn(C)c2C)cc1.I. The fourth-order valence-electron chi connectivity index (χ4n) is 3.12. The number of hydrogen-bond acceptors (Lipinski definition) is 3. The maximum absolute atomic E-state index is 4.46. The summed E-state index contributed by atoms with van der Waals surface area (Å²) in [4.78, 5) is 6.74. The number of guanidine groups is 1. The average Bonchev–Trinajstić information content (AvgIpc) is 2.92. The molecule has 0 fully saturated rings. The monoisotopic (exact) mass is 498 g/mol. The van der Waals surface area contributed by atoms with Gasteiger partial charge in [0.05, 0.1) is 5.69 Å². The van der Waals surface area contributed by atoms with Crippen molar-refractivity contribution in [3.05, 3.63) is 52.3 Å². The molecule has 6 nitrogen and oxygen atoms in total. The van der Waals surface area contributed by atoms with Crippen LogP contribution in [-0.2, 0) is 26.7 Å². The number of benzene rings is 1. The molecule has 0 aliphatic rings. The minimum absolute atomic E-state index is 0. The highest BCUT2D eigenvalue weighted by molar-refractivity contribution is 14.0. The quantitative estimate of drug-likeness (QED) is 0.333. The lowest BCUT2D eigenvalue weighted by Gasteiger charge is -2.18. The Morgan fingerprint density at radius 1 is 1.04 bits per heavy atom. The average molecular weight is 498 g/mol. The molecule has 2 rings (SSSR count). The zero-order valence-corrected chi connectivity index (χ0v) is 20.4. The van der Waals surface area contributed by atoms with E-state index in [1.54, 1.807) is 7.05 Å². The van der Waals surface area contributed by atoms with E-state index < -0.39 is 0 Å². The van der Waals surface area contributed by atoms with Crippen LogP contribution in [-0.4, -0.2) is 40.8 Å². The van der Waals surface area contributed by atoms with Gasteiger partial charge in [0, 0.05) is 45.0 Å². The number of nitrogens with zero attached hydrogens (tertiary/aromatic N) is 4. The van der Waals surface area contributed by atoms with Gasteiger partial charge in [-0.3, -0.25) is 14.6 Å². The third kappa shape index (κ3) is 6.77. The summed E-state index contributed by atoms with van der Waals surface area (Å²) in [6.45, 7) is 13.2. The highest BCUT2D eigenvalue weighted by atomic mass is 127. The number of aryl methyl sites for hydroxylation is 2. The Morgan fingerprint density at radius 2 is 1.61 bits per heavy atom. The molecule has 1 aromatic carbocycles. The number of rotatable bonds is 8. The lowest BCUT2D eigenvalue weighted by atomic mass is 10.1. The van der Waals surface area contributed by atoms with Gasteiger partial charge < -0.3 is 10.6 Å². The molecule has 0 atom stereocenters. The molecule has 156 valence electrons. The van der Waals surface area contributed by atoms with Crippen LogP contribution in [0.5, 0.6) is 0 Å². The van der Waals surface area contributed by atoms with Gasteiger partial charge in [-0.15, -0.1) is 24.0 Å². The van der Waals surface area contributed by atoms with Crippen molar-refractivity contribution in [2.75, 3.05) is 20.1 Å². The molecule has 1 aromatic heterocycles. The van der Waals surface area contributed by atoms with Gasteiger partial charge in [-0.1, -0.05) is 38.1 Å². The second-order valence-corrected chi connectivity index (χ2v) is 6.83. The predicted molar refractivity (Wildman–Crippen MR) is 128 cm³/mol. The Hall–Kier alpha value is -1.61. The van der Waals surface area contributed by atoms with Crippen molar-refractivity contribution < 1.29 is 0 Å². The van der Waals surface area contributed by atoms with Crippen molar-refractivity contribution in [1.29, 1.82) is 0 Å². The molecular weight excluding hydrogens is 463 g/mol. The van der Waals surface area contributed by atoms with E-state index >= 15 is 0 Å². The zero-order valence-electron chi connectivity index (χ0n) is 18.0. The molecule has 0 bridgehead atoms. The van der Waals surface area contributed by atoms with Gasteiger partial charge in [0.25, 0.3) is 0 Å². The van der Waals surface area contributed by atoms with Crippen molar-refractivity contribution in [3.63, 3.8) is 0 Å². The Kier molecular flexibility index (Phi) is 10.5. The number of hydrogen-bond donors (Lipinski definition) is 2. The Labute approximate surface area is 186 Å². The first-order chi connectivity index (χ1) is 13.0. The van der Waals surface area contributed by atoms with Crippen LogP contribution in [0.15, 0.2) is 29.3 Å². The molecule has 0 saturated heterocycles. The van der Waals surface area contributed by atoms with Crippen LogP contribution in [0.2, 0.25) is 0 Å². The van der Waals surface area contributed by atoms with Gasteiger partial charge >= 0.3 is 0 Å². The number of aromatic nitrogens is 2. The summed E-state index contributed by atoms with van der Waals surface area (Å²) in [6, 6.07) is 8.81. The molecule has 0 spiro atoms. The van der Waals surface area contributed by atoms with E-state index in [-0.39, 0.29) is 24.0 Å². The summed E-state index contributed by atoms with van der Waals surface area (Å²) >= 11 is 0. The van der Waals surface area contributed by atoms with Gasteiger partial charge in [-0.05, 0) is 38.1 Å². The van der Waals surface area contributed by atoms with E-state index in [1.807, 2.05) is 18.7 Å². The van der Waals surface area contributed by atoms with Crippen molar-refractivity contribution >= 4 is 29.9 Å². The molecule has 28 heavy (non-hydrogen) atoms. The predicted octanol–water partition coefficient (Wildman–Crippen LogP) is 3.36. The lowest BCUT2D eigenvalue weighted by molar-refractivity contribution is 0.296. The standard InChI is InChI=1S/C21H34N6.HI/c1-7-27(8-2)15-19-11-9-18(10-12-19)13-23-21(22-5)24-14-20-16(3)25-26(6)17(20)4;/h9-12H,7-8,13-15H2,1-6H3,(H2,22,23,24);1H. The highest BCUT2D eigenvalue weighted by Gasteiger charge is 2.09. The van der Waals surface area contributed by atoms with Gasteiger partial charge in [0.2, 0.25) is 0 Å². The zero-order chi connectivity index (χ0) is 19.8. The van der Waals surface area contributed by atoms with E-state index in [0.29, 0.717) is 6.54 Å². The van der Waals surface area contributed by atoms with Crippen LogP contribution in [0.1, 0.15) is 41.9 Å². The Bertz CT molecular complexity index is 747. The molecule has 0 aliphatic carbocycles. The van der Waals surface area contributed by atoms with Crippen LogP contribution in [0, 0.1) is 13.8 Å². The summed E-state index contributed by atoms with van der Waals surface area (Å²) in [5.41, 5.74) is 6.06. The summed E-state index contributed by atoms with van der Waals surface area (Å²) in [5.74, 6) is 0.796. The van der Waals surface area contributed by atoms with E-state index in [0.717, 1.165) is 37.8 Å². The maximum atomic E-state index is 4.46. The number of nitrogens with one attached hydrogen (secondary N) is 2. The van der Waals surface area contributed by atoms with Crippen LogP contribution in [0.25, 0.3) is 0 Å². The molecular formula is C21H35IN6. The number of halogens is 1. The third-order valence-corrected chi connectivity index (χ3v) is 5.10. The number of aliphatic imine (C=N–C) groups is 1. The van der Waals surface area contributed by atoms with E-state index in [4.69, 9.17) is 0 Å². The Morgan fingerprint density at radius 3 is 2.11 bits per heavy atom. The maximum Gasteiger partial charge on any atom is 0.191 e. The molecule has 0 unspecified atom stereocenters. The second kappa shape index (κ2) is 12.1. The minimum Gasteiger partial charge on any atom is -0.352 e. The molecule has 7 heteroatoms. The molecule has 2 aromatic rings. The van der Waals surface area contributed by atoms with Crippen molar-refractivity contribution in [2.45, 2.75) is 47.3 Å². The van der Waals surface area contributed by atoms with Crippen LogP contribution in [0.3, 0.4) is 0 Å². The van der Waals surface area contributed by atoms with Gasteiger partial charge in [0.15, 0.2) is 5.96 Å². The Balaban J connectivity index is 0.00000392. The smallest absolute Gasteiger partial charge is 0.191 e. The highest BCUT2D eigenvalue weighted by Crippen LogP contribution is 2.11. The van der Waals surface area contributed by atoms with Gasteiger partial charge in [-0.25, -0.2) is 0 Å². The minimum atomic E-state index is 0. The van der Waals surface area contributed by atoms with Gasteiger partial charge in [0.1, 0.15) is 0 Å². The van der Waals surface area contributed by atoms with Crippen LogP contribution >= 0.6 is 24.0 Å². The molecule has 2 N–H and O–H groups in total. The molecule has 1 heterocycles. The fraction of sp³-hybridized carbons (Fsp3) is 0.524. The molecule has 0 radical (unpaired) electrons. The van der Waals surface area contributed by atoms with E-state index in [9.17, 15) is 0 Å². The summed E-state index contributed by atoms with van der Waals surface area (Å²) in [7, 11) is 3.77. The fourth-order valence-corrected chi connectivity index (χ4v) is 3.12. The molecule has 0 saturated carbocycles. The summed E-state index contributed by atoms with van der Waals surface area (Å²) in [5, 5.41) is 11.2. The molecule has 0 aliphatic heterocycles. The topological polar surface area (TPSA) is 57.5 Å². The van der Waals surface area contributed by atoms with Crippen molar-refractivity contribution in [2.24, 2.45) is 12.0 Å². The van der Waals surface area contributed by atoms with Crippen LogP contribution < -0.4 is 10.6 Å². The van der Waals surface area contributed by atoms with Crippen molar-refractivity contribution in [3.8, 4) is 0 Å². The first-order valence-electron chi connectivity index (χ1n) is 9.72. The van der Waals surface area contributed by atoms with Crippen molar-refractivity contribution in [1.82, 2.24) is 25.3 Å². The first-order valence-corrected chi connectivity index (χ1v) is 9.72. The van der Waals surface area contributed by atoms with E-state index in [1.165, 1.54) is 22.4 Å². The largest absolute Gasteiger partial charge is 0.352 e. The first kappa shape index (κ1) is 24.4. The lowest BCUT2D eigenvalue weighted by Crippen LogP contribution is -2.36. The van der Waals surface area contributed by atoms with Gasteiger partial charge in [-0.2, -0.15) is 5.10 Å². The van der Waals surface area contributed by atoms with Crippen LogP contribution in [0.4, 0.5) is 0 Å².